The molecular formula is C10H11N3O2. The highest BCUT2D eigenvalue weighted by Gasteiger charge is 2.08. The minimum Gasteiger partial charge on any atom is -0.495 e. The van der Waals surface area contributed by atoms with E-state index in [1.807, 2.05) is 6.07 Å². The topological polar surface area (TPSA) is 74.2 Å². The fourth-order valence-electron chi connectivity index (χ4n) is 1.27. The van der Waals surface area contributed by atoms with Crippen LogP contribution in [0.25, 0.3) is 11.4 Å². The molecule has 2 N–H and O–H groups in total. The summed E-state index contributed by atoms with van der Waals surface area (Å²) in [5.74, 6) is 1.67. The molecule has 0 radical (unpaired) electrons. The van der Waals surface area contributed by atoms with E-state index in [2.05, 4.69) is 10.1 Å². The van der Waals surface area contributed by atoms with Gasteiger partial charge in [0.15, 0.2) is 0 Å². The van der Waals surface area contributed by atoms with Crippen molar-refractivity contribution in [2.75, 3.05) is 12.8 Å². The lowest BCUT2D eigenvalue weighted by Crippen LogP contribution is -1.92. The Bertz CT molecular complexity index is 479. The second-order valence-electron chi connectivity index (χ2n) is 3.09. The van der Waals surface area contributed by atoms with E-state index in [-0.39, 0.29) is 0 Å². The summed E-state index contributed by atoms with van der Waals surface area (Å²) in [5.41, 5.74) is 7.10. The molecule has 0 atom stereocenters. The first kappa shape index (κ1) is 9.51. The van der Waals surface area contributed by atoms with E-state index in [0.717, 1.165) is 5.56 Å². The summed E-state index contributed by atoms with van der Waals surface area (Å²) in [7, 11) is 1.57. The number of aryl methyl sites for hydroxylation is 1. The molecule has 0 saturated heterocycles. The summed E-state index contributed by atoms with van der Waals surface area (Å²) in [6.45, 7) is 1.74. The maximum Gasteiger partial charge on any atom is 0.223 e. The van der Waals surface area contributed by atoms with Crippen LogP contribution >= 0.6 is 0 Å². The first-order chi connectivity index (χ1) is 7.20. The third-order valence-corrected chi connectivity index (χ3v) is 2.02. The van der Waals surface area contributed by atoms with Gasteiger partial charge in [0.05, 0.1) is 12.8 Å². The van der Waals surface area contributed by atoms with Crippen LogP contribution in [0.5, 0.6) is 5.75 Å². The molecule has 0 amide bonds. The van der Waals surface area contributed by atoms with E-state index < -0.39 is 0 Å². The summed E-state index contributed by atoms with van der Waals surface area (Å²) in [5, 5.41) is 3.81. The van der Waals surface area contributed by atoms with Crippen LogP contribution in [0.1, 0.15) is 5.89 Å². The Morgan fingerprint density at radius 3 is 2.80 bits per heavy atom. The molecular weight excluding hydrogens is 194 g/mol. The van der Waals surface area contributed by atoms with Crippen molar-refractivity contribution < 1.29 is 9.26 Å². The molecule has 1 heterocycles. The fraction of sp³-hybridized carbons (Fsp3) is 0.200. The lowest BCUT2D eigenvalue weighted by Gasteiger charge is -2.04. The van der Waals surface area contributed by atoms with Crippen LogP contribution in [0.2, 0.25) is 0 Å². The van der Waals surface area contributed by atoms with Crippen LogP contribution in [-0.4, -0.2) is 17.3 Å². The molecule has 0 unspecified atom stereocenters. The average Bonchev–Trinajstić information content (AvgIpc) is 2.66. The van der Waals surface area contributed by atoms with Gasteiger partial charge >= 0.3 is 0 Å². The molecule has 0 aliphatic heterocycles. The highest BCUT2D eigenvalue weighted by molar-refractivity contribution is 5.64. The number of anilines is 1. The number of nitrogens with zero attached hydrogens (tertiary/aromatic N) is 2. The Kier molecular flexibility index (Phi) is 2.29. The van der Waals surface area contributed by atoms with Crippen LogP contribution in [0.15, 0.2) is 22.7 Å². The van der Waals surface area contributed by atoms with Gasteiger partial charge in [-0.05, 0) is 18.2 Å². The third-order valence-electron chi connectivity index (χ3n) is 2.02. The Hall–Kier alpha value is -2.04. The summed E-state index contributed by atoms with van der Waals surface area (Å²) in [6.07, 6.45) is 0. The maximum absolute atomic E-state index is 5.69. The zero-order valence-corrected chi connectivity index (χ0v) is 8.52. The zero-order valence-electron chi connectivity index (χ0n) is 8.52. The van der Waals surface area contributed by atoms with Crippen LogP contribution in [0.4, 0.5) is 5.69 Å². The van der Waals surface area contributed by atoms with Gasteiger partial charge < -0.3 is 15.0 Å². The Morgan fingerprint density at radius 2 is 2.20 bits per heavy atom. The molecule has 0 fully saturated rings. The second-order valence-corrected chi connectivity index (χ2v) is 3.09. The van der Waals surface area contributed by atoms with Crippen molar-refractivity contribution in [3.8, 4) is 17.1 Å². The second kappa shape index (κ2) is 3.61. The van der Waals surface area contributed by atoms with Gasteiger partial charge in [0.25, 0.3) is 0 Å². The first-order valence-corrected chi connectivity index (χ1v) is 4.45. The molecule has 0 spiro atoms. The van der Waals surface area contributed by atoms with E-state index in [1.165, 1.54) is 0 Å². The van der Waals surface area contributed by atoms with E-state index in [9.17, 15) is 0 Å². The van der Waals surface area contributed by atoms with Crippen molar-refractivity contribution in [3.05, 3.63) is 24.1 Å². The summed E-state index contributed by atoms with van der Waals surface area (Å²) in [6, 6.07) is 5.35. The summed E-state index contributed by atoms with van der Waals surface area (Å²) in [4.78, 5) is 4.11. The van der Waals surface area contributed by atoms with Crippen molar-refractivity contribution in [1.29, 1.82) is 0 Å². The predicted molar refractivity (Wildman–Crippen MR) is 55.4 cm³/mol. The molecule has 2 aromatic rings. The quantitative estimate of drug-likeness (QED) is 0.754. The number of benzene rings is 1. The van der Waals surface area contributed by atoms with Crippen molar-refractivity contribution in [2.45, 2.75) is 6.92 Å². The van der Waals surface area contributed by atoms with Gasteiger partial charge in [-0.2, -0.15) is 4.98 Å². The van der Waals surface area contributed by atoms with Crippen molar-refractivity contribution >= 4 is 5.69 Å². The Balaban J connectivity index is 2.45. The van der Waals surface area contributed by atoms with E-state index in [0.29, 0.717) is 23.2 Å². The number of nitrogens with two attached hydrogens (primary N) is 1. The molecule has 0 saturated carbocycles. The average molecular weight is 205 g/mol. The smallest absolute Gasteiger partial charge is 0.223 e. The molecule has 5 nitrogen and oxygen atoms in total. The van der Waals surface area contributed by atoms with Crippen molar-refractivity contribution in [3.63, 3.8) is 0 Å². The number of rotatable bonds is 2. The van der Waals surface area contributed by atoms with Crippen LogP contribution in [0.3, 0.4) is 0 Å². The third kappa shape index (κ3) is 1.76. The number of nitrogen functional groups attached to an aromatic ring is 1. The van der Waals surface area contributed by atoms with Gasteiger partial charge in [0.1, 0.15) is 5.75 Å². The van der Waals surface area contributed by atoms with Crippen LogP contribution in [0, 0.1) is 6.92 Å². The molecule has 1 aromatic heterocycles. The van der Waals surface area contributed by atoms with Crippen LogP contribution in [-0.2, 0) is 0 Å². The minimum atomic E-state index is 0.529. The monoisotopic (exact) mass is 205 g/mol. The normalized spacial score (nSPS) is 10.3. The lowest BCUT2D eigenvalue weighted by molar-refractivity contribution is 0.394. The number of hydrogen-bond acceptors (Lipinski definition) is 5. The zero-order chi connectivity index (χ0) is 10.8. The largest absolute Gasteiger partial charge is 0.495 e. The van der Waals surface area contributed by atoms with Gasteiger partial charge in [-0.25, -0.2) is 0 Å². The predicted octanol–water partition coefficient (Wildman–Crippen LogP) is 1.64. The SMILES string of the molecule is COc1cc(-c2noc(C)n2)ccc1N. The number of ether oxygens (including phenoxy) is 1. The standard InChI is InChI=1S/C10H11N3O2/c1-6-12-10(13-15-6)7-3-4-8(11)9(5-7)14-2/h3-5H,11H2,1-2H3. The number of hydrogen-bond donors (Lipinski definition) is 1. The van der Waals surface area contributed by atoms with Gasteiger partial charge in [-0.3, -0.25) is 0 Å². The number of aromatic nitrogens is 2. The van der Waals surface area contributed by atoms with E-state index in [4.69, 9.17) is 15.0 Å². The van der Waals surface area contributed by atoms with Gasteiger partial charge in [0, 0.05) is 12.5 Å². The first-order valence-electron chi connectivity index (χ1n) is 4.45. The maximum atomic E-state index is 5.69. The van der Waals surface area contributed by atoms with Crippen molar-refractivity contribution in [1.82, 2.24) is 10.1 Å². The molecule has 0 aliphatic carbocycles. The molecule has 0 bridgehead atoms. The van der Waals surface area contributed by atoms with Crippen molar-refractivity contribution in [2.24, 2.45) is 0 Å². The Morgan fingerprint density at radius 1 is 1.40 bits per heavy atom. The van der Waals surface area contributed by atoms with E-state index >= 15 is 0 Å². The lowest BCUT2D eigenvalue weighted by atomic mass is 10.2. The highest BCUT2D eigenvalue weighted by atomic mass is 16.5. The summed E-state index contributed by atoms with van der Waals surface area (Å²) < 4.78 is 9.99. The van der Waals surface area contributed by atoms with Gasteiger partial charge in [-0.1, -0.05) is 5.16 Å². The van der Waals surface area contributed by atoms with Gasteiger partial charge in [0.2, 0.25) is 11.7 Å². The molecule has 0 aliphatic rings. The molecule has 15 heavy (non-hydrogen) atoms. The fourth-order valence-corrected chi connectivity index (χ4v) is 1.27. The molecule has 78 valence electrons. The number of methoxy groups -OCH3 is 1. The minimum absolute atomic E-state index is 0.529. The highest BCUT2D eigenvalue weighted by Crippen LogP contribution is 2.26. The molecule has 1 aromatic carbocycles. The Labute approximate surface area is 86.9 Å². The van der Waals surface area contributed by atoms with E-state index in [1.54, 1.807) is 26.2 Å². The molecule has 5 heteroatoms. The summed E-state index contributed by atoms with van der Waals surface area (Å²) >= 11 is 0. The van der Waals surface area contributed by atoms with Crippen LogP contribution < -0.4 is 10.5 Å². The van der Waals surface area contributed by atoms with Gasteiger partial charge in [-0.15, -0.1) is 0 Å². The molecule has 2 rings (SSSR count).